The van der Waals surface area contributed by atoms with Crippen molar-refractivity contribution >= 4 is 11.5 Å². The number of hydrogen-bond donors (Lipinski definition) is 0. The summed E-state index contributed by atoms with van der Waals surface area (Å²) in [6.45, 7) is 19.0. The molecule has 178 valence electrons. The van der Waals surface area contributed by atoms with E-state index < -0.39 is 6.55 Å². The Hall–Kier alpha value is -3.42. The maximum absolute atomic E-state index is 13.0. The number of carbonyl (C=O) groups is 1. The molecular formula is C25H33F2N5O. The molecule has 1 aliphatic rings. The van der Waals surface area contributed by atoms with Crippen molar-refractivity contribution in [3.8, 4) is 11.3 Å². The quantitative estimate of drug-likeness (QED) is 0.394. The Labute approximate surface area is 195 Å². The molecular weight excluding hydrogens is 424 g/mol. The maximum atomic E-state index is 13.0. The van der Waals surface area contributed by atoms with Gasteiger partial charge in [0.15, 0.2) is 5.82 Å². The number of carbonyl (C=O) groups excluding carboxylic acids is 1. The number of amides is 1. The lowest BCUT2D eigenvalue weighted by atomic mass is 9.99. The van der Waals surface area contributed by atoms with Crippen LogP contribution in [0.3, 0.4) is 0 Å². The van der Waals surface area contributed by atoms with Crippen molar-refractivity contribution in [3.05, 3.63) is 73.0 Å². The Balaban J connectivity index is 0.00000129. The molecule has 8 heteroatoms. The van der Waals surface area contributed by atoms with Gasteiger partial charge in [0.2, 0.25) is 5.91 Å². The monoisotopic (exact) mass is 457 g/mol. The molecule has 0 radical (unpaired) electrons. The fourth-order valence-corrected chi connectivity index (χ4v) is 3.16. The van der Waals surface area contributed by atoms with E-state index in [0.29, 0.717) is 46.0 Å². The van der Waals surface area contributed by atoms with Crippen LogP contribution in [0, 0.1) is 0 Å². The molecule has 0 N–H and O–H groups in total. The highest BCUT2D eigenvalue weighted by atomic mass is 19.3. The van der Waals surface area contributed by atoms with Crippen LogP contribution in [-0.4, -0.2) is 37.1 Å². The van der Waals surface area contributed by atoms with E-state index in [0.717, 1.165) is 11.1 Å². The minimum atomic E-state index is -2.74. The predicted octanol–water partition coefficient (Wildman–Crippen LogP) is 6.00. The second kappa shape index (κ2) is 13.2. The SMILES string of the molecule is C=CC(=O)N1CCc2c(nc(/C(C=C)=C/C(=C)C)nc2-c2cnn(C(F)F)c2)C1.CC.CC. The molecule has 0 spiro atoms. The minimum absolute atomic E-state index is 0.190. The third-order valence-corrected chi connectivity index (χ3v) is 4.51. The molecule has 0 aliphatic carbocycles. The summed E-state index contributed by atoms with van der Waals surface area (Å²) in [6.07, 6.45) is 7.77. The molecule has 33 heavy (non-hydrogen) atoms. The van der Waals surface area contributed by atoms with Gasteiger partial charge in [0.1, 0.15) is 0 Å². The highest BCUT2D eigenvalue weighted by Crippen LogP contribution is 2.30. The van der Waals surface area contributed by atoms with Crippen molar-refractivity contribution in [1.82, 2.24) is 24.6 Å². The molecule has 3 heterocycles. The van der Waals surface area contributed by atoms with E-state index in [1.807, 2.05) is 34.6 Å². The summed E-state index contributed by atoms with van der Waals surface area (Å²) < 4.78 is 26.6. The first kappa shape index (κ1) is 27.6. The molecule has 1 aliphatic heterocycles. The zero-order chi connectivity index (χ0) is 25.1. The topological polar surface area (TPSA) is 63.9 Å². The Morgan fingerprint density at radius 2 is 1.82 bits per heavy atom. The number of hydrogen-bond acceptors (Lipinski definition) is 4. The number of rotatable bonds is 6. The molecule has 0 bridgehead atoms. The van der Waals surface area contributed by atoms with E-state index in [4.69, 9.17) is 0 Å². The van der Waals surface area contributed by atoms with Crippen molar-refractivity contribution < 1.29 is 13.6 Å². The van der Waals surface area contributed by atoms with Crippen molar-refractivity contribution in [1.29, 1.82) is 0 Å². The van der Waals surface area contributed by atoms with Crippen LogP contribution >= 0.6 is 0 Å². The van der Waals surface area contributed by atoms with Gasteiger partial charge < -0.3 is 4.90 Å². The summed E-state index contributed by atoms with van der Waals surface area (Å²) >= 11 is 0. The van der Waals surface area contributed by atoms with Crippen molar-refractivity contribution in [3.63, 3.8) is 0 Å². The van der Waals surface area contributed by atoms with Crippen LogP contribution in [0.5, 0.6) is 0 Å². The third kappa shape index (κ3) is 6.78. The largest absolute Gasteiger partial charge is 0.333 e. The van der Waals surface area contributed by atoms with E-state index in [2.05, 4.69) is 34.8 Å². The molecule has 1 amide bonds. The molecule has 6 nitrogen and oxygen atoms in total. The Kier molecular flexibility index (Phi) is 11.0. The van der Waals surface area contributed by atoms with Gasteiger partial charge in [0.05, 0.1) is 24.1 Å². The van der Waals surface area contributed by atoms with Gasteiger partial charge >= 0.3 is 6.55 Å². The molecule has 0 atom stereocenters. The van der Waals surface area contributed by atoms with E-state index >= 15 is 0 Å². The third-order valence-electron chi connectivity index (χ3n) is 4.51. The zero-order valence-corrected chi connectivity index (χ0v) is 20.1. The Bertz CT molecular complexity index is 1020. The molecule has 0 fully saturated rings. The molecule has 0 aromatic carbocycles. The lowest BCUT2D eigenvalue weighted by Crippen LogP contribution is -2.36. The van der Waals surface area contributed by atoms with Crippen LogP contribution in [0.15, 0.2) is 55.9 Å². The lowest BCUT2D eigenvalue weighted by Gasteiger charge is -2.28. The fourth-order valence-electron chi connectivity index (χ4n) is 3.16. The number of halogens is 2. The highest BCUT2D eigenvalue weighted by molar-refractivity contribution is 5.87. The first-order chi connectivity index (χ1) is 15.8. The Morgan fingerprint density at radius 3 is 2.33 bits per heavy atom. The van der Waals surface area contributed by atoms with Crippen LogP contribution < -0.4 is 0 Å². The molecule has 0 saturated heterocycles. The van der Waals surface area contributed by atoms with Gasteiger partial charge in [-0.05, 0) is 25.5 Å². The number of aromatic nitrogens is 4. The van der Waals surface area contributed by atoms with E-state index in [9.17, 15) is 13.6 Å². The second-order valence-electron chi connectivity index (χ2n) is 6.67. The average molecular weight is 458 g/mol. The summed E-state index contributed by atoms with van der Waals surface area (Å²) in [5.74, 6) is 0.193. The van der Waals surface area contributed by atoms with E-state index in [1.54, 1.807) is 17.1 Å². The first-order valence-electron chi connectivity index (χ1n) is 11.0. The molecule has 2 aromatic rings. The summed E-state index contributed by atoms with van der Waals surface area (Å²) in [5, 5.41) is 3.72. The van der Waals surface area contributed by atoms with Gasteiger partial charge in [0.25, 0.3) is 0 Å². The molecule has 0 saturated carbocycles. The van der Waals surface area contributed by atoms with Crippen LogP contribution in [0.2, 0.25) is 0 Å². The van der Waals surface area contributed by atoms with Crippen molar-refractivity contribution in [2.75, 3.05) is 6.54 Å². The average Bonchev–Trinajstić information content (AvgIpc) is 3.34. The van der Waals surface area contributed by atoms with Crippen molar-refractivity contribution in [2.45, 2.75) is 54.1 Å². The van der Waals surface area contributed by atoms with Crippen molar-refractivity contribution in [2.24, 2.45) is 0 Å². The summed E-state index contributed by atoms with van der Waals surface area (Å²) in [7, 11) is 0. The highest BCUT2D eigenvalue weighted by Gasteiger charge is 2.26. The fraction of sp³-hybridized carbons (Fsp3) is 0.360. The molecule has 0 unspecified atom stereocenters. The number of alkyl halides is 2. The van der Waals surface area contributed by atoms with E-state index in [1.165, 1.54) is 18.5 Å². The van der Waals surface area contributed by atoms with Gasteiger partial charge in [-0.3, -0.25) is 4.79 Å². The van der Waals surface area contributed by atoms with Gasteiger partial charge in [0, 0.05) is 29.4 Å². The minimum Gasteiger partial charge on any atom is -0.333 e. The predicted molar refractivity (Wildman–Crippen MR) is 130 cm³/mol. The van der Waals surface area contributed by atoms with Gasteiger partial charge in [-0.1, -0.05) is 59.1 Å². The van der Waals surface area contributed by atoms with Crippen LogP contribution in [0.1, 0.15) is 58.2 Å². The summed E-state index contributed by atoms with van der Waals surface area (Å²) in [6, 6.07) is 0. The lowest BCUT2D eigenvalue weighted by molar-refractivity contribution is -0.126. The van der Waals surface area contributed by atoms with Gasteiger partial charge in [-0.25, -0.2) is 14.6 Å². The Morgan fingerprint density at radius 1 is 1.15 bits per heavy atom. The number of nitrogens with zero attached hydrogens (tertiary/aromatic N) is 5. The smallest absolute Gasteiger partial charge is 0.333 e. The number of allylic oxidation sites excluding steroid dienone is 4. The van der Waals surface area contributed by atoms with Gasteiger partial charge in [-0.2, -0.15) is 13.9 Å². The molecule has 3 rings (SSSR count). The number of fused-ring (bicyclic) bond motifs is 1. The maximum Gasteiger partial charge on any atom is 0.333 e. The first-order valence-corrected chi connectivity index (χ1v) is 11.0. The zero-order valence-electron chi connectivity index (χ0n) is 20.1. The van der Waals surface area contributed by atoms with E-state index in [-0.39, 0.29) is 12.5 Å². The summed E-state index contributed by atoms with van der Waals surface area (Å²) in [5.41, 5.74) is 3.90. The normalized spacial score (nSPS) is 12.6. The standard InChI is InChI=1S/C21H21F2N5O.2C2H6/c1-5-14(9-13(3)4)20-25-17-12-27(18(29)6-2)8-7-16(17)19(26-20)15-10-24-28(11-15)21(22)23;2*1-2/h5-6,9-11,21H,1-3,7-8,12H2,4H3;2*1-2H3/b14-9+;;. The van der Waals surface area contributed by atoms with Gasteiger partial charge in [-0.15, -0.1) is 0 Å². The second-order valence-corrected chi connectivity index (χ2v) is 6.67. The van der Waals surface area contributed by atoms with Crippen LogP contribution in [0.4, 0.5) is 8.78 Å². The van der Waals surface area contributed by atoms with Crippen LogP contribution in [-0.2, 0) is 17.8 Å². The molecule has 2 aromatic heterocycles. The van der Waals surface area contributed by atoms with Crippen LogP contribution in [0.25, 0.3) is 16.8 Å². The summed E-state index contributed by atoms with van der Waals surface area (Å²) in [4.78, 5) is 23.0.